The minimum atomic E-state index is -0.623. The molecule has 0 saturated carbocycles. The van der Waals surface area contributed by atoms with E-state index in [0.717, 1.165) is 28.5 Å². The van der Waals surface area contributed by atoms with Gasteiger partial charge < -0.3 is 15.0 Å². The Kier molecular flexibility index (Phi) is 8.10. The second-order valence-electron chi connectivity index (χ2n) is 9.47. The summed E-state index contributed by atoms with van der Waals surface area (Å²) in [6.07, 6.45) is 9.24. The number of carbonyl (C=O) groups is 1. The first kappa shape index (κ1) is 27.2. The number of carbonyl (C=O) groups excluding carboxylic acids is 1. The van der Waals surface area contributed by atoms with Gasteiger partial charge in [-0.15, -0.1) is 0 Å². The normalized spacial score (nSPS) is 15.2. The Bertz CT molecular complexity index is 1660. The van der Waals surface area contributed by atoms with Gasteiger partial charge in [-0.05, 0) is 55.8 Å². The maximum Gasteiger partial charge on any atom is 0.337 e. The number of imidazole rings is 1. The van der Waals surface area contributed by atoms with Gasteiger partial charge in [0.2, 0.25) is 0 Å². The number of nitrogens with zero attached hydrogens (tertiary/aromatic N) is 4. The third kappa shape index (κ3) is 6.27. The zero-order chi connectivity index (χ0) is 28.8. The van der Waals surface area contributed by atoms with Crippen LogP contribution in [-0.4, -0.2) is 37.4 Å². The number of allylic oxidation sites excluding steroid dienone is 3. The fraction of sp³-hybridized carbons (Fsp3) is 0.161. The number of hydrogen-bond donors (Lipinski definition) is 2. The molecule has 2 N–H and O–H groups in total. The number of hydrogen-bond acceptors (Lipinski definition) is 8. The van der Waals surface area contributed by atoms with Crippen LogP contribution in [0.2, 0.25) is 0 Å². The van der Waals surface area contributed by atoms with Crippen molar-refractivity contribution in [2.24, 2.45) is 0 Å². The van der Waals surface area contributed by atoms with E-state index >= 15 is 0 Å². The molecule has 4 aromatic rings. The van der Waals surface area contributed by atoms with Crippen molar-refractivity contribution < 1.29 is 14.5 Å². The van der Waals surface area contributed by atoms with Crippen molar-refractivity contribution in [2.45, 2.75) is 26.2 Å². The van der Waals surface area contributed by atoms with E-state index in [1.165, 1.54) is 12.1 Å². The second-order valence-corrected chi connectivity index (χ2v) is 9.47. The standard InChI is InChI=1S/C31H28N6O4/c1-20-28(26-13-3-4-14-32-26)30(22-8-5-12-25(18-22)37(39)40)29(21(2)35-20)31(38)41-17-7-11-23-9-6-10-24(36-23)19-27-33-15-16-34-27/h3-16,18,30,35H,17,19H2,1-2H3,(H,33,34)/b11-7+. The number of H-pyrrole nitrogens is 1. The largest absolute Gasteiger partial charge is 0.458 e. The molecule has 206 valence electrons. The summed E-state index contributed by atoms with van der Waals surface area (Å²) >= 11 is 0. The summed E-state index contributed by atoms with van der Waals surface area (Å²) in [7, 11) is 0. The average molecular weight is 549 g/mol. The number of nitro benzene ring substituents is 1. The molecule has 3 aromatic heterocycles. The molecule has 10 heteroatoms. The highest BCUT2D eigenvalue weighted by molar-refractivity contribution is 5.97. The lowest BCUT2D eigenvalue weighted by molar-refractivity contribution is -0.384. The molecule has 0 fully saturated rings. The summed E-state index contributed by atoms with van der Waals surface area (Å²) in [5.74, 6) is -0.330. The fourth-order valence-corrected chi connectivity index (χ4v) is 4.90. The Morgan fingerprint density at radius 2 is 1.90 bits per heavy atom. The number of pyridine rings is 2. The van der Waals surface area contributed by atoms with E-state index in [2.05, 4.69) is 25.3 Å². The van der Waals surface area contributed by atoms with E-state index in [1.54, 1.807) is 49.8 Å². The van der Waals surface area contributed by atoms with Gasteiger partial charge in [0.05, 0.1) is 21.9 Å². The van der Waals surface area contributed by atoms with E-state index < -0.39 is 16.8 Å². The number of nitrogens with one attached hydrogen (secondary N) is 2. The summed E-state index contributed by atoms with van der Waals surface area (Å²) in [5.41, 5.74) is 5.30. The average Bonchev–Trinajstić information content (AvgIpc) is 3.48. The summed E-state index contributed by atoms with van der Waals surface area (Å²) in [6.45, 7) is 3.71. The minimum absolute atomic E-state index is 0.0168. The van der Waals surface area contributed by atoms with Crippen molar-refractivity contribution in [2.75, 3.05) is 6.61 Å². The van der Waals surface area contributed by atoms with Crippen LogP contribution in [-0.2, 0) is 16.0 Å². The molecule has 1 atom stereocenters. The molecule has 0 amide bonds. The molecule has 10 nitrogen and oxygen atoms in total. The Morgan fingerprint density at radius 1 is 1.05 bits per heavy atom. The van der Waals surface area contributed by atoms with Gasteiger partial charge in [-0.1, -0.05) is 24.3 Å². The van der Waals surface area contributed by atoms with Crippen LogP contribution in [0.5, 0.6) is 0 Å². The van der Waals surface area contributed by atoms with Crippen molar-refractivity contribution in [1.29, 1.82) is 0 Å². The predicted molar refractivity (Wildman–Crippen MR) is 154 cm³/mol. The van der Waals surface area contributed by atoms with E-state index in [4.69, 9.17) is 4.74 Å². The lowest BCUT2D eigenvalue weighted by Gasteiger charge is -2.31. The molecule has 4 heterocycles. The molecule has 1 unspecified atom stereocenters. The predicted octanol–water partition coefficient (Wildman–Crippen LogP) is 5.35. The molecule has 0 bridgehead atoms. The Balaban J connectivity index is 1.38. The Hall–Kier alpha value is -5.38. The maximum atomic E-state index is 13.6. The van der Waals surface area contributed by atoms with Gasteiger partial charge in [-0.3, -0.25) is 20.1 Å². The van der Waals surface area contributed by atoms with E-state index in [1.807, 2.05) is 43.3 Å². The first-order valence-corrected chi connectivity index (χ1v) is 13.0. The first-order valence-electron chi connectivity index (χ1n) is 13.0. The number of rotatable bonds is 9. The summed E-state index contributed by atoms with van der Waals surface area (Å²) < 4.78 is 5.69. The van der Waals surface area contributed by atoms with Crippen LogP contribution in [0, 0.1) is 10.1 Å². The van der Waals surface area contributed by atoms with Crippen molar-refractivity contribution in [3.63, 3.8) is 0 Å². The van der Waals surface area contributed by atoms with E-state index in [0.29, 0.717) is 28.9 Å². The quantitative estimate of drug-likeness (QED) is 0.162. The molecular weight excluding hydrogens is 520 g/mol. The van der Waals surface area contributed by atoms with Crippen LogP contribution < -0.4 is 5.32 Å². The fourth-order valence-electron chi connectivity index (χ4n) is 4.90. The van der Waals surface area contributed by atoms with Crippen LogP contribution in [0.15, 0.2) is 102 Å². The van der Waals surface area contributed by atoms with Gasteiger partial charge in [-0.2, -0.15) is 0 Å². The second kappa shape index (κ2) is 12.2. The lowest BCUT2D eigenvalue weighted by atomic mass is 9.79. The number of aromatic nitrogens is 4. The van der Waals surface area contributed by atoms with Crippen LogP contribution in [0.4, 0.5) is 5.69 Å². The molecule has 0 aliphatic carbocycles. The number of non-ortho nitro benzene ring substituents is 1. The third-order valence-corrected chi connectivity index (χ3v) is 6.67. The van der Waals surface area contributed by atoms with Crippen molar-refractivity contribution in [3.8, 4) is 0 Å². The van der Waals surface area contributed by atoms with Crippen molar-refractivity contribution in [1.82, 2.24) is 25.3 Å². The van der Waals surface area contributed by atoms with Gasteiger partial charge in [0.1, 0.15) is 12.4 Å². The highest BCUT2D eigenvalue weighted by atomic mass is 16.6. The van der Waals surface area contributed by atoms with Gasteiger partial charge in [0.25, 0.3) is 5.69 Å². The highest BCUT2D eigenvalue weighted by Crippen LogP contribution is 2.43. The minimum Gasteiger partial charge on any atom is -0.458 e. The van der Waals surface area contributed by atoms with E-state index in [-0.39, 0.29) is 12.3 Å². The van der Waals surface area contributed by atoms with E-state index in [9.17, 15) is 14.9 Å². The number of esters is 1. The maximum absolute atomic E-state index is 13.6. The number of benzene rings is 1. The Morgan fingerprint density at radius 3 is 2.66 bits per heavy atom. The van der Waals surface area contributed by atoms with Gasteiger partial charge in [0.15, 0.2) is 0 Å². The van der Waals surface area contributed by atoms with Gasteiger partial charge in [-0.25, -0.2) is 9.78 Å². The van der Waals surface area contributed by atoms with Crippen LogP contribution in [0.3, 0.4) is 0 Å². The SMILES string of the molecule is CC1=C(C(=O)OC/C=C/c2cccc(Cc3ncc[nH]3)n2)C(c2cccc([N+](=O)[O-])c2)C(c2ccccn2)=C(C)N1. The molecule has 1 aliphatic heterocycles. The monoisotopic (exact) mass is 548 g/mol. The number of nitro groups is 1. The molecule has 5 rings (SSSR count). The highest BCUT2D eigenvalue weighted by Gasteiger charge is 2.35. The number of dihydropyridines is 1. The van der Waals surface area contributed by atoms with Crippen LogP contribution in [0.25, 0.3) is 11.6 Å². The van der Waals surface area contributed by atoms with Gasteiger partial charge in [0, 0.05) is 65.7 Å². The van der Waals surface area contributed by atoms with Crippen molar-refractivity contribution >= 4 is 23.3 Å². The van der Waals surface area contributed by atoms with Crippen molar-refractivity contribution in [3.05, 3.63) is 141 Å². The number of aromatic amines is 1. The number of ether oxygens (including phenoxy) is 1. The topological polar surface area (TPSA) is 136 Å². The zero-order valence-electron chi connectivity index (χ0n) is 22.6. The van der Waals surface area contributed by atoms with Crippen LogP contribution >= 0.6 is 0 Å². The summed E-state index contributed by atoms with van der Waals surface area (Å²) in [6, 6.07) is 17.5. The zero-order valence-corrected chi connectivity index (χ0v) is 22.6. The molecule has 41 heavy (non-hydrogen) atoms. The third-order valence-electron chi connectivity index (χ3n) is 6.67. The Labute approximate surface area is 236 Å². The molecule has 1 aromatic carbocycles. The smallest absolute Gasteiger partial charge is 0.337 e. The van der Waals surface area contributed by atoms with Crippen LogP contribution in [0.1, 0.15) is 48.2 Å². The first-order chi connectivity index (χ1) is 19.9. The summed E-state index contributed by atoms with van der Waals surface area (Å²) in [4.78, 5) is 41.1. The molecule has 0 saturated heterocycles. The van der Waals surface area contributed by atoms with Gasteiger partial charge >= 0.3 is 5.97 Å². The molecule has 0 spiro atoms. The molecule has 1 aliphatic rings. The summed E-state index contributed by atoms with van der Waals surface area (Å²) in [5, 5.41) is 14.9. The molecule has 0 radical (unpaired) electrons. The lowest BCUT2D eigenvalue weighted by Crippen LogP contribution is -2.29. The molecular formula is C31H28N6O4.